The van der Waals surface area contributed by atoms with Crippen LogP contribution in [0.4, 0.5) is 0 Å². The molecule has 6 heteroatoms. The standard InChI is InChI=1S/C18H34N2O2S2/c1-3-7-19(8-4-1)11-17(21-15-19)13-23-24-14-18-12-20(16-22-18)9-5-2-6-10-20/h17-18H,1-16H2/q+2. The monoisotopic (exact) mass is 374 g/mol. The molecule has 24 heavy (non-hydrogen) atoms. The van der Waals surface area contributed by atoms with Gasteiger partial charge >= 0.3 is 0 Å². The predicted molar refractivity (Wildman–Crippen MR) is 102 cm³/mol. The molecule has 4 nitrogen and oxygen atoms in total. The van der Waals surface area contributed by atoms with E-state index in [4.69, 9.17) is 9.47 Å². The Morgan fingerprint density at radius 3 is 1.46 bits per heavy atom. The van der Waals surface area contributed by atoms with E-state index in [1.807, 2.05) is 21.6 Å². The quantitative estimate of drug-likeness (QED) is 0.418. The van der Waals surface area contributed by atoms with E-state index in [9.17, 15) is 0 Å². The van der Waals surface area contributed by atoms with Crippen LogP contribution in [0.2, 0.25) is 0 Å². The molecule has 4 fully saturated rings. The van der Waals surface area contributed by atoms with Crippen molar-refractivity contribution in [3.05, 3.63) is 0 Å². The van der Waals surface area contributed by atoms with Crippen molar-refractivity contribution in [2.75, 3.05) is 64.2 Å². The lowest BCUT2D eigenvalue weighted by atomic mass is 10.1. The molecule has 4 aliphatic heterocycles. The number of quaternary nitrogens is 2. The Kier molecular flexibility index (Phi) is 6.02. The molecule has 0 aromatic heterocycles. The van der Waals surface area contributed by atoms with E-state index in [0.29, 0.717) is 12.2 Å². The van der Waals surface area contributed by atoms with E-state index in [0.717, 1.165) is 25.0 Å². The Morgan fingerprint density at radius 2 is 1.04 bits per heavy atom. The van der Waals surface area contributed by atoms with Crippen LogP contribution in [0, 0.1) is 0 Å². The molecule has 0 amide bonds. The minimum Gasteiger partial charge on any atom is -0.322 e. The van der Waals surface area contributed by atoms with Crippen LogP contribution < -0.4 is 0 Å². The lowest BCUT2D eigenvalue weighted by molar-refractivity contribution is -0.929. The van der Waals surface area contributed by atoms with Crippen LogP contribution >= 0.6 is 21.6 Å². The maximum Gasteiger partial charge on any atom is 0.183 e. The van der Waals surface area contributed by atoms with Gasteiger partial charge in [0.15, 0.2) is 13.5 Å². The summed E-state index contributed by atoms with van der Waals surface area (Å²) in [6.07, 6.45) is 9.41. The van der Waals surface area contributed by atoms with E-state index < -0.39 is 0 Å². The summed E-state index contributed by atoms with van der Waals surface area (Å²) < 4.78 is 14.7. The van der Waals surface area contributed by atoms with Gasteiger partial charge in [-0.3, -0.25) is 8.97 Å². The highest BCUT2D eigenvalue weighted by Crippen LogP contribution is 2.33. The van der Waals surface area contributed by atoms with E-state index in [1.165, 1.54) is 86.8 Å². The summed E-state index contributed by atoms with van der Waals surface area (Å²) in [5.41, 5.74) is 0. The SMILES string of the molecule is C1CC[N+]2(CC1)COC(CSSCC1C[N+]3(CCCCC3)CO1)C2. The second kappa shape index (κ2) is 8.05. The molecule has 0 aliphatic carbocycles. The molecule has 0 aromatic rings. The molecule has 0 saturated carbocycles. The summed E-state index contributed by atoms with van der Waals surface area (Å²) in [5.74, 6) is 2.30. The molecule has 4 heterocycles. The van der Waals surface area contributed by atoms with Gasteiger partial charge < -0.3 is 9.47 Å². The molecular formula is C18H34N2O2S2+2. The van der Waals surface area contributed by atoms with Crippen LogP contribution in [0.5, 0.6) is 0 Å². The fraction of sp³-hybridized carbons (Fsp3) is 1.00. The van der Waals surface area contributed by atoms with Crippen molar-refractivity contribution in [2.45, 2.75) is 50.7 Å². The first kappa shape index (κ1) is 17.9. The molecule has 0 radical (unpaired) electrons. The second-order valence-electron chi connectivity index (χ2n) is 8.47. The minimum absolute atomic E-state index is 0.477. The molecule has 4 saturated heterocycles. The number of nitrogens with zero attached hydrogens (tertiary/aromatic N) is 2. The molecule has 4 rings (SSSR count). The van der Waals surface area contributed by atoms with E-state index in [2.05, 4.69) is 0 Å². The Morgan fingerprint density at radius 1 is 0.625 bits per heavy atom. The maximum absolute atomic E-state index is 6.11. The fourth-order valence-electron chi connectivity index (χ4n) is 5.04. The zero-order valence-corrected chi connectivity index (χ0v) is 16.6. The first-order chi connectivity index (χ1) is 11.8. The summed E-state index contributed by atoms with van der Waals surface area (Å²) >= 11 is 0. The number of ether oxygens (including phenoxy) is 2. The van der Waals surface area contributed by atoms with Gasteiger partial charge in [-0.05, 0) is 38.5 Å². The minimum atomic E-state index is 0.477. The van der Waals surface area contributed by atoms with Crippen molar-refractivity contribution in [2.24, 2.45) is 0 Å². The zero-order valence-electron chi connectivity index (χ0n) is 15.0. The number of rotatable bonds is 5. The Balaban J connectivity index is 1.12. The summed E-state index contributed by atoms with van der Waals surface area (Å²) in [7, 11) is 4.03. The topological polar surface area (TPSA) is 18.5 Å². The van der Waals surface area contributed by atoms with Crippen molar-refractivity contribution in [1.82, 2.24) is 0 Å². The summed E-state index contributed by atoms with van der Waals surface area (Å²) in [6, 6.07) is 0. The van der Waals surface area contributed by atoms with Crippen LogP contribution in [0.25, 0.3) is 0 Å². The first-order valence-electron chi connectivity index (χ1n) is 9.96. The summed E-state index contributed by atoms with van der Waals surface area (Å²) in [5, 5.41) is 0. The third-order valence-electron chi connectivity index (χ3n) is 6.47. The summed E-state index contributed by atoms with van der Waals surface area (Å²) in [6.45, 7) is 9.87. The predicted octanol–water partition coefficient (Wildman–Crippen LogP) is 3.08. The molecule has 0 N–H and O–H groups in total. The Bertz CT molecular complexity index is 374. The van der Waals surface area contributed by atoms with Gasteiger partial charge in [0.25, 0.3) is 0 Å². The lowest BCUT2D eigenvalue weighted by Crippen LogP contribution is -2.50. The van der Waals surface area contributed by atoms with E-state index in [1.54, 1.807) is 0 Å². The molecule has 0 bridgehead atoms. The molecule has 2 atom stereocenters. The molecule has 0 aromatic carbocycles. The number of piperidine rings is 2. The van der Waals surface area contributed by atoms with Crippen molar-refractivity contribution in [3.8, 4) is 0 Å². The molecule has 138 valence electrons. The molecule has 2 spiro atoms. The van der Waals surface area contributed by atoms with E-state index >= 15 is 0 Å². The first-order valence-corrected chi connectivity index (χ1v) is 12.4. The highest BCUT2D eigenvalue weighted by Gasteiger charge is 2.41. The van der Waals surface area contributed by atoms with Crippen LogP contribution in [0.1, 0.15) is 38.5 Å². The van der Waals surface area contributed by atoms with Gasteiger partial charge in [-0.2, -0.15) is 0 Å². The van der Waals surface area contributed by atoms with Gasteiger partial charge in [0.05, 0.1) is 26.2 Å². The largest absolute Gasteiger partial charge is 0.322 e. The van der Waals surface area contributed by atoms with Crippen LogP contribution in [0.3, 0.4) is 0 Å². The van der Waals surface area contributed by atoms with Gasteiger partial charge in [0, 0.05) is 11.5 Å². The number of hydrogen-bond acceptors (Lipinski definition) is 4. The molecule has 4 aliphatic rings. The van der Waals surface area contributed by atoms with Gasteiger partial charge in [-0.1, -0.05) is 21.6 Å². The van der Waals surface area contributed by atoms with Gasteiger partial charge in [0.2, 0.25) is 0 Å². The molecular weight excluding hydrogens is 340 g/mol. The van der Waals surface area contributed by atoms with Crippen molar-refractivity contribution in [3.63, 3.8) is 0 Å². The van der Waals surface area contributed by atoms with Crippen LogP contribution in [-0.2, 0) is 9.47 Å². The van der Waals surface area contributed by atoms with Crippen molar-refractivity contribution >= 4 is 21.6 Å². The third-order valence-corrected chi connectivity index (χ3v) is 8.97. The van der Waals surface area contributed by atoms with E-state index in [-0.39, 0.29) is 0 Å². The maximum atomic E-state index is 6.11. The van der Waals surface area contributed by atoms with Gasteiger partial charge in [0.1, 0.15) is 25.3 Å². The van der Waals surface area contributed by atoms with Crippen molar-refractivity contribution in [1.29, 1.82) is 0 Å². The van der Waals surface area contributed by atoms with Gasteiger partial charge in [-0.25, -0.2) is 0 Å². The third kappa shape index (κ3) is 4.26. The van der Waals surface area contributed by atoms with Gasteiger partial charge in [-0.15, -0.1) is 0 Å². The Hall–Kier alpha value is 0.540. The molecule has 2 unspecified atom stereocenters. The van der Waals surface area contributed by atoms with Crippen LogP contribution in [-0.4, -0.2) is 85.4 Å². The smallest absolute Gasteiger partial charge is 0.183 e. The summed E-state index contributed by atoms with van der Waals surface area (Å²) in [4.78, 5) is 0. The Labute approximate surface area is 155 Å². The average molecular weight is 375 g/mol. The zero-order chi connectivity index (χ0) is 16.3. The number of hydrogen-bond donors (Lipinski definition) is 0. The average Bonchev–Trinajstić information content (AvgIpc) is 3.18. The highest BCUT2D eigenvalue weighted by atomic mass is 33.1. The van der Waals surface area contributed by atoms with Crippen LogP contribution in [0.15, 0.2) is 0 Å². The highest BCUT2D eigenvalue weighted by molar-refractivity contribution is 8.76. The lowest BCUT2D eigenvalue weighted by Gasteiger charge is -2.36. The fourth-order valence-corrected chi connectivity index (χ4v) is 7.43. The van der Waals surface area contributed by atoms with Crippen molar-refractivity contribution < 1.29 is 18.4 Å². The second-order valence-corrected chi connectivity index (χ2v) is 11.0. The normalized spacial score (nSPS) is 35.0.